The highest BCUT2D eigenvalue weighted by Crippen LogP contribution is 2.30. The number of rotatable bonds is 19. The largest absolute Gasteiger partial charge is 0.417 e. The highest BCUT2D eigenvalue weighted by molar-refractivity contribution is 6.27. The molecule has 4 aromatic carbocycles. The Hall–Kier alpha value is -2.77. The van der Waals surface area contributed by atoms with Crippen molar-refractivity contribution in [2.45, 2.75) is 62.4 Å². The van der Waals surface area contributed by atoms with E-state index in [-0.39, 0.29) is 0 Å². The highest BCUT2D eigenvalue weighted by Gasteiger charge is 2.14. The molecular formula is C36H42O2Si2. The fraction of sp³-hybridized carbons (Fsp3) is 0.333. The Morgan fingerprint density at radius 1 is 0.400 bits per heavy atom. The average molecular weight is 563 g/mol. The summed E-state index contributed by atoms with van der Waals surface area (Å²) in [6.07, 6.45) is 6.88. The molecule has 0 aromatic heterocycles. The lowest BCUT2D eigenvalue weighted by Gasteiger charge is -2.18. The zero-order valence-corrected chi connectivity index (χ0v) is 25.6. The lowest BCUT2D eigenvalue weighted by atomic mass is 9.88. The van der Waals surface area contributed by atoms with Crippen LogP contribution in [0.4, 0.5) is 0 Å². The van der Waals surface area contributed by atoms with Gasteiger partial charge in [0.05, 0.1) is 0 Å². The van der Waals surface area contributed by atoms with Gasteiger partial charge >= 0.3 is 0 Å². The number of unbranched alkanes of at least 4 members (excludes halogenated alkanes) is 1. The third kappa shape index (κ3) is 10.7. The van der Waals surface area contributed by atoms with Crippen LogP contribution in [0.2, 0.25) is 12.1 Å². The standard InChI is InChI=1S/C36H42O2Si2/c1-5-17-31(18-6-1)35(32-19-7-2-8-20-32)25-15-27-37-39-29-13-14-30-40-38-28-16-26-36(33-21-9-3-10-22-33)34-23-11-4-12-24-34/h1-12,17-24,35-36H,13-16,25-30H2. The Balaban J connectivity index is 1.02. The Morgan fingerprint density at radius 3 is 1.00 bits per heavy atom. The van der Waals surface area contributed by atoms with Crippen molar-refractivity contribution >= 4 is 19.5 Å². The summed E-state index contributed by atoms with van der Waals surface area (Å²) in [5, 5.41) is 0. The van der Waals surface area contributed by atoms with E-state index in [1.807, 2.05) is 0 Å². The van der Waals surface area contributed by atoms with Crippen LogP contribution in [0.5, 0.6) is 0 Å². The molecule has 40 heavy (non-hydrogen) atoms. The van der Waals surface area contributed by atoms with Crippen molar-refractivity contribution in [1.29, 1.82) is 0 Å². The molecule has 0 saturated heterocycles. The second-order valence-electron chi connectivity index (χ2n) is 10.2. The minimum Gasteiger partial charge on any atom is -0.417 e. The van der Waals surface area contributed by atoms with Crippen molar-refractivity contribution in [2.75, 3.05) is 13.2 Å². The monoisotopic (exact) mass is 562 g/mol. The molecular weight excluding hydrogens is 521 g/mol. The lowest BCUT2D eigenvalue weighted by Crippen LogP contribution is -2.06. The van der Waals surface area contributed by atoms with Gasteiger partial charge in [-0.05, 0) is 60.0 Å². The number of hydrogen-bond acceptors (Lipinski definition) is 2. The van der Waals surface area contributed by atoms with Gasteiger partial charge in [-0.2, -0.15) is 0 Å². The molecule has 0 aliphatic rings. The summed E-state index contributed by atoms with van der Waals surface area (Å²) in [5.74, 6) is 0.885. The summed E-state index contributed by atoms with van der Waals surface area (Å²) in [7, 11) is 1.22. The van der Waals surface area contributed by atoms with E-state index < -0.39 is 0 Å². The van der Waals surface area contributed by atoms with E-state index in [0.29, 0.717) is 31.4 Å². The summed E-state index contributed by atoms with van der Waals surface area (Å²) >= 11 is 0. The van der Waals surface area contributed by atoms with Crippen LogP contribution in [-0.4, -0.2) is 32.7 Å². The Kier molecular flexibility index (Phi) is 14.0. The quantitative estimate of drug-likeness (QED) is 0.0838. The Bertz CT molecular complexity index is 983. The normalized spacial score (nSPS) is 11.3. The van der Waals surface area contributed by atoms with Gasteiger partial charge in [0.2, 0.25) is 19.5 Å². The van der Waals surface area contributed by atoms with Gasteiger partial charge in [0.1, 0.15) is 0 Å². The van der Waals surface area contributed by atoms with Gasteiger partial charge in [0.25, 0.3) is 0 Å². The van der Waals surface area contributed by atoms with Crippen molar-refractivity contribution in [3.8, 4) is 0 Å². The molecule has 0 unspecified atom stereocenters. The predicted molar refractivity (Wildman–Crippen MR) is 170 cm³/mol. The van der Waals surface area contributed by atoms with Gasteiger partial charge in [-0.15, -0.1) is 0 Å². The third-order valence-electron chi connectivity index (χ3n) is 7.30. The van der Waals surface area contributed by atoms with Crippen LogP contribution >= 0.6 is 0 Å². The first-order chi connectivity index (χ1) is 19.9. The molecule has 206 valence electrons. The van der Waals surface area contributed by atoms with E-state index in [4.69, 9.17) is 8.85 Å². The predicted octanol–water partition coefficient (Wildman–Crippen LogP) is 9.10. The molecule has 0 heterocycles. The van der Waals surface area contributed by atoms with Crippen molar-refractivity contribution in [2.24, 2.45) is 0 Å². The fourth-order valence-electron chi connectivity index (χ4n) is 5.20. The van der Waals surface area contributed by atoms with Gasteiger partial charge in [-0.3, -0.25) is 0 Å². The molecule has 0 aliphatic carbocycles. The molecule has 0 atom stereocenters. The summed E-state index contributed by atoms with van der Waals surface area (Å²) in [5.41, 5.74) is 5.58. The van der Waals surface area contributed by atoms with Crippen molar-refractivity contribution in [1.82, 2.24) is 0 Å². The van der Waals surface area contributed by atoms with E-state index in [1.54, 1.807) is 0 Å². The molecule has 2 nitrogen and oxygen atoms in total. The Labute approximate surface area is 247 Å². The van der Waals surface area contributed by atoms with E-state index >= 15 is 0 Å². The van der Waals surface area contributed by atoms with Gasteiger partial charge in [0.15, 0.2) is 0 Å². The van der Waals surface area contributed by atoms with E-state index in [1.165, 1.54) is 47.2 Å². The topological polar surface area (TPSA) is 18.5 Å². The van der Waals surface area contributed by atoms with Crippen molar-refractivity contribution < 1.29 is 8.85 Å². The first-order valence-corrected chi connectivity index (χ1v) is 17.0. The molecule has 0 aliphatic heterocycles. The molecule has 4 heteroatoms. The molecule has 0 fully saturated rings. The summed E-state index contributed by atoms with van der Waals surface area (Å²) < 4.78 is 12.0. The van der Waals surface area contributed by atoms with Crippen LogP contribution in [0.3, 0.4) is 0 Å². The zero-order valence-electron chi connectivity index (χ0n) is 23.6. The van der Waals surface area contributed by atoms with E-state index in [2.05, 4.69) is 121 Å². The van der Waals surface area contributed by atoms with Crippen LogP contribution in [-0.2, 0) is 8.85 Å². The Morgan fingerprint density at radius 2 is 0.700 bits per heavy atom. The number of benzene rings is 4. The second kappa shape index (κ2) is 18.6. The zero-order chi connectivity index (χ0) is 27.5. The van der Waals surface area contributed by atoms with Gasteiger partial charge in [-0.1, -0.05) is 134 Å². The summed E-state index contributed by atoms with van der Waals surface area (Å²) in [6, 6.07) is 45.8. The third-order valence-corrected chi connectivity index (χ3v) is 9.23. The molecule has 0 bridgehead atoms. The van der Waals surface area contributed by atoms with Crippen LogP contribution in [0.25, 0.3) is 0 Å². The smallest absolute Gasteiger partial charge is 0.229 e. The van der Waals surface area contributed by atoms with Crippen LogP contribution in [0, 0.1) is 0 Å². The molecule has 0 amide bonds. The average Bonchev–Trinajstić information content (AvgIpc) is 3.03. The molecule has 0 spiro atoms. The first kappa shape index (κ1) is 30.2. The summed E-state index contributed by atoms with van der Waals surface area (Å²) in [6.45, 7) is 1.71. The first-order valence-electron chi connectivity index (χ1n) is 14.8. The maximum Gasteiger partial charge on any atom is 0.229 e. The van der Waals surface area contributed by atoms with Crippen LogP contribution in [0.15, 0.2) is 121 Å². The SMILES string of the molecule is c1ccc(C(CCCO[Si]CCCC[Si]OCCCC(c2ccccc2)c2ccccc2)c2ccccc2)cc1. The second-order valence-corrected chi connectivity index (χ2v) is 12.4. The van der Waals surface area contributed by atoms with Crippen LogP contribution in [0.1, 0.15) is 72.6 Å². The minimum atomic E-state index is 0.442. The lowest BCUT2D eigenvalue weighted by molar-refractivity contribution is 0.316. The highest BCUT2D eigenvalue weighted by atomic mass is 28.2. The number of hydrogen-bond donors (Lipinski definition) is 0. The minimum absolute atomic E-state index is 0.442. The maximum absolute atomic E-state index is 6.01. The molecule has 4 radical (unpaired) electrons. The van der Waals surface area contributed by atoms with E-state index in [9.17, 15) is 0 Å². The van der Waals surface area contributed by atoms with Crippen molar-refractivity contribution in [3.05, 3.63) is 144 Å². The molecule has 4 aromatic rings. The van der Waals surface area contributed by atoms with Gasteiger partial charge < -0.3 is 8.85 Å². The fourth-order valence-corrected chi connectivity index (χ4v) is 6.85. The van der Waals surface area contributed by atoms with Crippen LogP contribution < -0.4 is 0 Å². The summed E-state index contributed by atoms with van der Waals surface area (Å²) in [4.78, 5) is 0. The van der Waals surface area contributed by atoms with E-state index in [0.717, 1.165) is 38.9 Å². The maximum atomic E-state index is 6.01. The van der Waals surface area contributed by atoms with Gasteiger partial charge in [0, 0.05) is 25.0 Å². The molecule has 4 rings (SSSR count). The molecule has 0 saturated carbocycles. The van der Waals surface area contributed by atoms with Crippen molar-refractivity contribution in [3.63, 3.8) is 0 Å². The molecule has 0 N–H and O–H groups in total. The van der Waals surface area contributed by atoms with Gasteiger partial charge in [-0.25, -0.2) is 0 Å².